The summed E-state index contributed by atoms with van der Waals surface area (Å²) in [5, 5.41) is 0. The van der Waals surface area contributed by atoms with Crippen LogP contribution in [0.15, 0.2) is 59.5 Å². The van der Waals surface area contributed by atoms with Gasteiger partial charge in [-0.1, -0.05) is 51.1 Å². The molecule has 0 aliphatic carbocycles. The number of carbonyl (C=O) groups is 1. The molecule has 5 nitrogen and oxygen atoms in total. The van der Waals surface area contributed by atoms with E-state index in [0.29, 0.717) is 13.0 Å². The van der Waals surface area contributed by atoms with Crippen LogP contribution in [0, 0.1) is 5.92 Å². The summed E-state index contributed by atoms with van der Waals surface area (Å²) in [7, 11) is -3.59. The molecule has 2 aromatic carbocycles. The third-order valence-corrected chi connectivity index (χ3v) is 6.31. The first kappa shape index (κ1) is 19.6. The molecule has 1 aliphatic heterocycles. The summed E-state index contributed by atoms with van der Waals surface area (Å²) in [6, 6.07) is 16.4. The highest BCUT2D eigenvalue weighted by molar-refractivity contribution is 7.89. The van der Waals surface area contributed by atoms with E-state index in [1.54, 1.807) is 17.0 Å². The van der Waals surface area contributed by atoms with Crippen molar-refractivity contribution >= 4 is 21.6 Å². The van der Waals surface area contributed by atoms with Gasteiger partial charge < -0.3 is 4.90 Å². The van der Waals surface area contributed by atoms with E-state index in [0.717, 1.165) is 11.3 Å². The standard InChI is InChI=1S/C21H26N2O3S/c1-21(2,3)17-9-11-19(12-10-17)27(25,26)22-14-16-13-20(24)23(15-16)18-7-5-4-6-8-18/h4-12,16,22H,13-15H2,1-3H3. The molecule has 27 heavy (non-hydrogen) atoms. The van der Waals surface area contributed by atoms with E-state index < -0.39 is 10.0 Å². The number of hydrogen-bond donors (Lipinski definition) is 1. The zero-order valence-corrected chi connectivity index (χ0v) is 16.8. The van der Waals surface area contributed by atoms with E-state index >= 15 is 0 Å². The van der Waals surface area contributed by atoms with Crippen LogP contribution in [0.4, 0.5) is 5.69 Å². The van der Waals surface area contributed by atoms with E-state index in [2.05, 4.69) is 25.5 Å². The number of sulfonamides is 1. The quantitative estimate of drug-likeness (QED) is 0.857. The molecule has 0 saturated carbocycles. The SMILES string of the molecule is CC(C)(C)c1ccc(S(=O)(=O)NCC2CC(=O)N(c3ccccc3)C2)cc1. The topological polar surface area (TPSA) is 66.5 Å². The molecule has 1 aliphatic rings. The van der Waals surface area contributed by atoms with Crippen molar-refractivity contribution in [2.75, 3.05) is 18.0 Å². The molecule has 0 aromatic heterocycles. The molecular formula is C21H26N2O3S. The normalized spacial score (nSPS) is 18.1. The van der Waals surface area contributed by atoms with Crippen molar-refractivity contribution in [3.05, 3.63) is 60.2 Å². The van der Waals surface area contributed by atoms with Crippen molar-refractivity contribution in [1.29, 1.82) is 0 Å². The maximum absolute atomic E-state index is 12.6. The number of para-hydroxylation sites is 1. The molecule has 1 atom stereocenters. The Hall–Kier alpha value is -2.18. The number of amides is 1. The van der Waals surface area contributed by atoms with Crippen molar-refractivity contribution in [2.45, 2.75) is 37.5 Å². The minimum Gasteiger partial charge on any atom is -0.312 e. The van der Waals surface area contributed by atoms with Crippen LogP contribution in [0.3, 0.4) is 0 Å². The number of carbonyl (C=O) groups excluding carboxylic acids is 1. The van der Waals surface area contributed by atoms with Crippen LogP contribution < -0.4 is 9.62 Å². The summed E-state index contributed by atoms with van der Waals surface area (Å²) in [4.78, 5) is 14.2. The van der Waals surface area contributed by atoms with Gasteiger partial charge in [0.15, 0.2) is 0 Å². The minimum absolute atomic E-state index is 0.0270. The van der Waals surface area contributed by atoms with Gasteiger partial charge in [-0.3, -0.25) is 4.79 Å². The van der Waals surface area contributed by atoms with Gasteiger partial charge >= 0.3 is 0 Å². The van der Waals surface area contributed by atoms with E-state index in [1.807, 2.05) is 42.5 Å². The Bertz CT molecular complexity index is 901. The zero-order chi connectivity index (χ0) is 19.7. The molecule has 1 amide bonds. The molecule has 1 N–H and O–H groups in total. The Morgan fingerprint density at radius 2 is 1.67 bits per heavy atom. The smallest absolute Gasteiger partial charge is 0.240 e. The zero-order valence-electron chi connectivity index (χ0n) is 16.0. The van der Waals surface area contributed by atoms with Crippen molar-refractivity contribution in [3.63, 3.8) is 0 Å². The molecule has 6 heteroatoms. The number of rotatable bonds is 5. The maximum Gasteiger partial charge on any atom is 0.240 e. The van der Waals surface area contributed by atoms with Crippen LogP contribution in [0.2, 0.25) is 0 Å². The molecular weight excluding hydrogens is 360 g/mol. The van der Waals surface area contributed by atoms with Crippen molar-refractivity contribution in [2.24, 2.45) is 5.92 Å². The summed E-state index contributed by atoms with van der Waals surface area (Å²) < 4.78 is 27.8. The fourth-order valence-electron chi connectivity index (χ4n) is 3.22. The Labute approximate surface area is 161 Å². The van der Waals surface area contributed by atoms with Crippen LogP contribution in [-0.4, -0.2) is 27.4 Å². The number of hydrogen-bond acceptors (Lipinski definition) is 3. The second-order valence-corrected chi connectivity index (χ2v) is 9.80. The molecule has 0 bridgehead atoms. The molecule has 1 saturated heterocycles. The lowest BCUT2D eigenvalue weighted by Crippen LogP contribution is -2.31. The lowest BCUT2D eigenvalue weighted by molar-refractivity contribution is -0.117. The molecule has 1 unspecified atom stereocenters. The third-order valence-electron chi connectivity index (χ3n) is 4.87. The summed E-state index contributed by atoms with van der Waals surface area (Å²) >= 11 is 0. The predicted molar refractivity (Wildman–Crippen MR) is 107 cm³/mol. The van der Waals surface area contributed by atoms with Crippen molar-refractivity contribution < 1.29 is 13.2 Å². The van der Waals surface area contributed by atoms with Crippen LogP contribution >= 0.6 is 0 Å². The number of nitrogens with one attached hydrogen (secondary N) is 1. The van der Waals surface area contributed by atoms with Gasteiger partial charge in [0.1, 0.15) is 0 Å². The molecule has 0 spiro atoms. The average molecular weight is 387 g/mol. The highest BCUT2D eigenvalue weighted by Crippen LogP contribution is 2.25. The lowest BCUT2D eigenvalue weighted by atomic mass is 9.87. The minimum atomic E-state index is -3.59. The Balaban J connectivity index is 1.63. The molecule has 1 fully saturated rings. The first-order chi connectivity index (χ1) is 12.7. The highest BCUT2D eigenvalue weighted by atomic mass is 32.2. The largest absolute Gasteiger partial charge is 0.312 e. The van der Waals surface area contributed by atoms with Gasteiger partial charge in [-0.05, 0) is 41.2 Å². The van der Waals surface area contributed by atoms with Gasteiger partial charge in [-0.15, -0.1) is 0 Å². The summed E-state index contributed by atoms with van der Waals surface area (Å²) in [5.41, 5.74) is 1.91. The van der Waals surface area contributed by atoms with E-state index in [9.17, 15) is 13.2 Å². The van der Waals surface area contributed by atoms with Crippen LogP contribution in [0.25, 0.3) is 0 Å². The third kappa shape index (κ3) is 4.57. The molecule has 144 valence electrons. The fourth-order valence-corrected chi connectivity index (χ4v) is 4.34. The van der Waals surface area contributed by atoms with Crippen LogP contribution in [0.5, 0.6) is 0 Å². The summed E-state index contributed by atoms with van der Waals surface area (Å²) in [6.07, 6.45) is 0.348. The molecule has 2 aromatic rings. The maximum atomic E-state index is 12.6. The Morgan fingerprint density at radius 1 is 1.04 bits per heavy atom. The fraction of sp³-hybridized carbons (Fsp3) is 0.381. The first-order valence-corrected chi connectivity index (χ1v) is 10.6. The van der Waals surface area contributed by atoms with E-state index in [4.69, 9.17) is 0 Å². The molecule has 3 rings (SSSR count). The van der Waals surface area contributed by atoms with Gasteiger partial charge in [-0.2, -0.15) is 0 Å². The predicted octanol–water partition coefficient (Wildman–Crippen LogP) is 3.32. The number of benzene rings is 2. The Morgan fingerprint density at radius 3 is 2.26 bits per heavy atom. The van der Waals surface area contributed by atoms with Gasteiger partial charge in [-0.25, -0.2) is 13.1 Å². The van der Waals surface area contributed by atoms with Gasteiger partial charge in [0.2, 0.25) is 15.9 Å². The molecule has 0 radical (unpaired) electrons. The highest BCUT2D eigenvalue weighted by Gasteiger charge is 2.31. The van der Waals surface area contributed by atoms with E-state index in [1.165, 1.54) is 0 Å². The van der Waals surface area contributed by atoms with Crippen molar-refractivity contribution in [1.82, 2.24) is 4.72 Å². The average Bonchev–Trinajstić information content (AvgIpc) is 3.01. The van der Waals surface area contributed by atoms with Crippen molar-refractivity contribution in [3.8, 4) is 0 Å². The number of anilines is 1. The second kappa shape index (κ2) is 7.44. The number of nitrogens with zero attached hydrogens (tertiary/aromatic N) is 1. The van der Waals surface area contributed by atoms with Gasteiger partial charge in [0.05, 0.1) is 4.90 Å². The summed E-state index contributed by atoms with van der Waals surface area (Å²) in [6.45, 7) is 7.03. The van der Waals surface area contributed by atoms with Gasteiger partial charge in [0.25, 0.3) is 0 Å². The summed E-state index contributed by atoms with van der Waals surface area (Å²) in [5.74, 6) is -0.0127. The second-order valence-electron chi connectivity index (χ2n) is 8.04. The monoisotopic (exact) mass is 386 g/mol. The lowest BCUT2D eigenvalue weighted by Gasteiger charge is -2.19. The first-order valence-electron chi connectivity index (χ1n) is 9.12. The van der Waals surface area contributed by atoms with Crippen LogP contribution in [-0.2, 0) is 20.2 Å². The van der Waals surface area contributed by atoms with E-state index in [-0.39, 0.29) is 28.7 Å². The Kier molecular flexibility index (Phi) is 5.40. The van der Waals surface area contributed by atoms with Crippen LogP contribution in [0.1, 0.15) is 32.8 Å². The molecule has 1 heterocycles. The van der Waals surface area contributed by atoms with Gasteiger partial charge in [0, 0.05) is 25.2 Å².